The lowest BCUT2D eigenvalue weighted by Crippen LogP contribution is -2.30. The van der Waals surface area contributed by atoms with Crippen LogP contribution in [0.4, 0.5) is 0 Å². The van der Waals surface area contributed by atoms with Crippen LogP contribution < -0.4 is 5.14 Å². The van der Waals surface area contributed by atoms with Crippen molar-refractivity contribution in [3.63, 3.8) is 0 Å². The lowest BCUT2D eigenvalue weighted by Gasteiger charge is -2.17. The molecule has 2 rings (SSSR count). The Labute approximate surface area is 177 Å². The van der Waals surface area contributed by atoms with E-state index in [1.54, 1.807) is 18.2 Å². The third-order valence-corrected chi connectivity index (χ3v) is 5.76. The zero-order valence-electron chi connectivity index (χ0n) is 14.5. The van der Waals surface area contributed by atoms with Gasteiger partial charge in [-0.2, -0.15) is 0 Å². The minimum atomic E-state index is -4.11. The average molecular weight is 466 g/mol. The molecule has 0 saturated heterocycles. The standard InChI is InChI=1S/C17H15Cl3N2O5S/c1-22(8-10-2-4-12(18)14(20)6-10)16(23)9-27-17(24)11-3-5-13(19)15(7-11)28(21,25)26/h2-7H,8-9H2,1H3,(H2,21,25,26). The Kier molecular flexibility index (Phi) is 7.30. The predicted octanol–water partition coefficient (Wildman–Crippen LogP) is 3.11. The molecule has 2 N–H and O–H groups in total. The maximum absolute atomic E-state index is 12.2. The van der Waals surface area contributed by atoms with Crippen LogP contribution in [-0.4, -0.2) is 38.8 Å². The van der Waals surface area contributed by atoms with Gasteiger partial charge in [-0.1, -0.05) is 40.9 Å². The molecule has 150 valence electrons. The van der Waals surface area contributed by atoms with E-state index in [-0.39, 0.29) is 17.1 Å². The maximum atomic E-state index is 12.2. The van der Waals surface area contributed by atoms with Gasteiger partial charge in [0.15, 0.2) is 6.61 Å². The lowest BCUT2D eigenvalue weighted by molar-refractivity contribution is -0.133. The number of nitrogens with zero attached hydrogens (tertiary/aromatic N) is 1. The van der Waals surface area contributed by atoms with Gasteiger partial charge in [-0.05, 0) is 35.9 Å². The summed E-state index contributed by atoms with van der Waals surface area (Å²) >= 11 is 17.5. The topological polar surface area (TPSA) is 107 Å². The Hall–Kier alpha value is -1.84. The largest absolute Gasteiger partial charge is 0.452 e. The number of primary sulfonamides is 1. The van der Waals surface area contributed by atoms with Crippen molar-refractivity contribution in [2.45, 2.75) is 11.4 Å². The molecule has 0 aliphatic heterocycles. The van der Waals surface area contributed by atoms with Gasteiger partial charge in [0.05, 0.1) is 20.6 Å². The van der Waals surface area contributed by atoms with Gasteiger partial charge in [-0.3, -0.25) is 4.79 Å². The number of amides is 1. The van der Waals surface area contributed by atoms with Gasteiger partial charge in [-0.25, -0.2) is 18.4 Å². The Morgan fingerprint density at radius 1 is 1.04 bits per heavy atom. The van der Waals surface area contributed by atoms with Crippen LogP contribution in [0, 0.1) is 0 Å². The Balaban J connectivity index is 2.00. The molecule has 11 heteroatoms. The molecule has 0 unspecified atom stereocenters. The molecule has 0 aliphatic carbocycles. The summed E-state index contributed by atoms with van der Waals surface area (Å²) in [7, 11) is -2.58. The third kappa shape index (κ3) is 5.83. The first kappa shape index (κ1) is 22.4. The molecule has 0 fully saturated rings. The van der Waals surface area contributed by atoms with Crippen molar-refractivity contribution >= 4 is 56.7 Å². The van der Waals surface area contributed by atoms with Crippen LogP contribution in [0.25, 0.3) is 0 Å². The van der Waals surface area contributed by atoms with Crippen LogP contribution in [0.2, 0.25) is 15.1 Å². The molecule has 0 aromatic heterocycles. The first-order chi connectivity index (χ1) is 13.0. The number of carbonyl (C=O) groups is 2. The monoisotopic (exact) mass is 464 g/mol. The summed E-state index contributed by atoms with van der Waals surface area (Å²) in [6.07, 6.45) is 0. The fraction of sp³-hybridized carbons (Fsp3) is 0.176. The van der Waals surface area contributed by atoms with Crippen molar-refractivity contribution in [2.24, 2.45) is 5.14 Å². The number of halogens is 3. The summed E-state index contributed by atoms with van der Waals surface area (Å²) in [5.41, 5.74) is 0.639. The molecule has 2 aromatic rings. The molecule has 7 nitrogen and oxygen atoms in total. The molecule has 0 saturated carbocycles. The first-order valence-electron chi connectivity index (χ1n) is 7.66. The van der Waals surface area contributed by atoms with E-state index in [1.165, 1.54) is 24.1 Å². The Bertz CT molecular complexity index is 1030. The number of benzene rings is 2. The summed E-state index contributed by atoms with van der Waals surface area (Å²) in [5.74, 6) is -1.36. The smallest absolute Gasteiger partial charge is 0.338 e. The van der Waals surface area contributed by atoms with Gasteiger partial charge >= 0.3 is 5.97 Å². The average Bonchev–Trinajstić information content (AvgIpc) is 2.61. The van der Waals surface area contributed by atoms with Crippen LogP contribution >= 0.6 is 34.8 Å². The van der Waals surface area contributed by atoms with Gasteiger partial charge in [0.2, 0.25) is 10.0 Å². The molecule has 0 aliphatic rings. The second-order valence-electron chi connectivity index (χ2n) is 5.76. The van der Waals surface area contributed by atoms with Crippen LogP contribution in [0.15, 0.2) is 41.3 Å². The first-order valence-corrected chi connectivity index (χ1v) is 10.3. The molecule has 2 aromatic carbocycles. The van der Waals surface area contributed by atoms with E-state index in [0.717, 1.165) is 11.6 Å². The molecule has 0 bridgehead atoms. The molecule has 0 heterocycles. The van der Waals surface area contributed by atoms with E-state index in [9.17, 15) is 18.0 Å². The van der Waals surface area contributed by atoms with Crippen LogP contribution in [0.3, 0.4) is 0 Å². The highest BCUT2D eigenvalue weighted by Gasteiger charge is 2.19. The highest BCUT2D eigenvalue weighted by Crippen LogP contribution is 2.23. The molecule has 0 atom stereocenters. The number of ether oxygens (including phenoxy) is 1. The highest BCUT2D eigenvalue weighted by atomic mass is 35.5. The number of hydrogen-bond donors (Lipinski definition) is 1. The Morgan fingerprint density at radius 3 is 2.29 bits per heavy atom. The van der Waals surface area contributed by atoms with Crippen LogP contribution in [0.1, 0.15) is 15.9 Å². The maximum Gasteiger partial charge on any atom is 0.338 e. The number of sulfonamides is 1. The number of nitrogens with two attached hydrogens (primary N) is 1. The molecule has 0 spiro atoms. The Morgan fingerprint density at radius 2 is 1.68 bits per heavy atom. The van der Waals surface area contributed by atoms with E-state index in [0.29, 0.717) is 10.0 Å². The number of likely N-dealkylation sites (N-methyl/N-ethyl adjacent to an activating group) is 1. The van der Waals surface area contributed by atoms with Crippen molar-refractivity contribution in [1.29, 1.82) is 0 Å². The predicted molar refractivity (Wildman–Crippen MR) is 106 cm³/mol. The van der Waals surface area contributed by atoms with E-state index in [2.05, 4.69) is 0 Å². The highest BCUT2D eigenvalue weighted by molar-refractivity contribution is 7.89. The zero-order chi connectivity index (χ0) is 21.1. The van der Waals surface area contributed by atoms with E-state index < -0.39 is 33.4 Å². The minimum Gasteiger partial charge on any atom is -0.452 e. The summed E-state index contributed by atoms with van der Waals surface area (Å²) < 4.78 is 27.9. The fourth-order valence-electron chi connectivity index (χ4n) is 2.17. The number of esters is 1. The number of carbonyl (C=O) groups excluding carboxylic acids is 2. The molecule has 28 heavy (non-hydrogen) atoms. The minimum absolute atomic E-state index is 0.103. The summed E-state index contributed by atoms with van der Waals surface area (Å²) in [6.45, 7) is -0.312. The summed E-state index contributed by atoms with van der Waals surface area (Å²) in [6, 6.07) is 8.42. The van der Waals surface area contributed by atoms with Crippen LogP contribution in [0.5, 0.6) is 0 Å². The quantitative estimate of drug-likeness (QED) is 0.660. The van der Waals surface area contributed by atoms with Gasteiger partial charge in [0.1, 0.15) is 4.90 Å². The summed E-state index contributed by atoms with van der Waals surface area (Å²) in [4.78, 5) is 25.2. The second-order valence-corrected chi connectivity index (χ2v) is 8.52. The lowest BCUT2D eigenvalue weighted by atomic mass is 10.2. The van der Waals surface area contributed by atoms with Gasteiger partial charge < -0.3 is 9.64 Å². The zero-order valence-corrected chi connectivity index (χ0v) is 17.6. The normalized spacial score (nSPS) is 11.2. The van der Waals surface area contributed by atoms with Gasteiger partial charge in [-0.15, -0.1) is 0 Å². The van der Waals surface area contributed by atoms with Gasteiger partial charge in [0.25, 0.3) is 5.91 Å². The summed E-state index contributed by atoms with van der Waals surface area (Å²) in [5, 5.41) is 5.67. The fourth-order valence-corrected chi connectivity index (χ4v) is 3.56. The van der Waals surface area contributed by atoms with Crippen molar-refractivity contribution in [3.8, 4) is 0 Å². The van der Waals surface area contributed by atoms with E-state index >= 15 is 0 Å². The number of hydrogen-bond acceptors (Lipinski definition) is 5. The molecular formula is C17H15Cl3N2O5S. The molecular weight excluding hydrogens is 451 g/mol. The second kappa shape index (κ2) is 9.11. The number of rotatable bonds is 6. The van der Waals surface area contributed by atoms with E-state index in [4.69, 9.17) is 44.7 Å². The van der Waals surface area contributed by atoms with E-state index in [1.807, 2.05) is 0 Å². The van der Waals surface area contributed by atoms with Gasteiger partial charge in [0, 0.05) is 13.6 Å². The van der Waals surface area contributed by atoms with Crippen molar-refractivity contribution < 1.29 is 22.7 Å². The van der Waals surface area contributed by atoms with Crippen LogP contribution in [-0.2, 0) is 26.1 Å². The van der Waals surface area contributed by atoms with Crippen molar-refractivity contribution in [1.82, 2.24) is 4.90 Å². The molecule has 1 amide bonds. The molecule has 0 radical (unpaired) electrons. The SMILES string of the molecule is CN(Cc1ccc(Cl)c(Cl)c1)C(=O)COC(=O)c1ccc(Cl)c(S(N)(=O)=O)c1. The van der Waals surface area contributed by atoms with Crippen molar-refractivity contribution in [2.75, 3.05) is 13.7 Å². The third-order valence-electron chi connectivity index (χ3n) is 3.63. The van der Waals surface area contributed by atoms with Crippen molar-refractivity contribution in [3.05, 3.63) is 62.6 Å².